The maximum absolute atomic E-state index is 5.53. The molecule has 0 amide bonds. The van der Waals surface area contributed by atoms with Crippen LogP contribution in [0.2, 0.25) is 0 Å². The highest BCUT2D eigenvalue weighted by atomic mass is 16.5. The van der Waals surface area contributed by atoms with Gasteiger partial charge in [-0.15, -0.1) is 0 Å². The van der Waals surface area contributed by atoms with E-state index in [2.05, 4.69) is 49.5 Å². The number of ether oxygens (including phenoxy) is 1. The molecule has 112 valence electrons. The van der Waals surface area contributed by atoms with Crippen molar-refractivity contribution in [3.8, 4) is 0 Å². The van der Waals surface area contributed by atoms with Crippen LogP contribution in [0.1, 0.15) is 51.5 Å². The molecule has 1 aromatic carbocycles. The third-order valence-electron chi connectivity index (χ3n) is 4.52. The minimum absolute atomic E-state index is 0.265. The Balaban J connectivity index is 2.02. The molecule has 20 heavy (non-hydrogen) atoms. The summed E-state index contributed by atoms with van der Waals surface area (Å²) in [6.45, 7) is 7.20. The van der Waals surface area contributed by atoms with E-state index in [4.69, 9.17) is 4.74 Å². The lowest BCUT2D eigenvalue weighted by molar-refractivity contribution is 0.135. The van der Waals surface area contributed by atoms with E-state index in [0.29, 0.717) is 0 Å². The van der Waals surface area contributed by atoms with E-state index in [1.165, 1.54) is 31.2 Å². The fraction of sp³-hybridized carbons (Fsp3) is 0.667. The van der Waals surface area contributed by atoms with E-state index >= 15 is 0 Å². The summed E-state index contributed by atoms with van der Waals surface area (Å²) in [6.07, 6.45) is 6.24. The summed E-state index contributed by atoms with van der Waals surface area (Å²) in [6, 6.07) is 11.8. The zero-order chi connectivity index (χ0) is 14.3. The third kappa shape index (κ3) is 4.32. The van der Waals surface area contributed by atoms with Gasteiger partial charge in [0.1, 0.15) is 0 Å². The van der Waals surface area contributed by atoms with E-state index in [9.17, 15) is 0 Å². The molecule has 0 radical (unpaired) electrons. The molecule has 2 nitrogen and oxygen atoms in total. The zero-order valence-corrected chi connectivity index (χ0v) is 13.0. The van der Waals surface area contributed by atoms with Crippen molar-refractivity contribution in [3.63, 3.8) is 0 Å². The quantitative estimate of drug-likeness (QED) is 0.654. The molecular formula is C18H29NO. The summed E-state index contributed by atoms with van der Waals surface area (Å²) in [5.74, 6) is 0. The molecule has 0 heterocycles. The second kappa shape index (κ2) is 7.80. The first-order chi connectivity index (χ1) is 9.80. The summed E-state index contributed by atoms with van der Waals surface area (Å²) < 4.78 is 5.53. The molecular weight excluding hydrogens is 246 g/mol. The number of rotatable bonds is 10. The minimum atomic E-state index is 0.265. The SMILES string of the molecule is CCOCCCC(CC)(CNC1CC1)c1ccccc1. The molecule has 1 fully saturated rings. The molecule has 0 aromatic heterocycles. The minimum Gasteiger partial charge on any atom is -0.382 e. The van der Waals surface area contributed by atoms with Gasteiger partial charge in [0.05, 0.1) is 0 Å². The molecule has 1 aliphatic carbocycles. The number of hydrogen-bond donors (Lipinski definition) is 1. The maximum Gasteiger partial charge on any atom is 0.0466 e. The normalized spacial score (nSPS) is 17.9. The standard InChI is InChI=1S/C18H29NO/c1-3-18(13-8-14-20-4-2,15-19-17-11-12-17)16-9-6-5-7-10-16/h5-7,9-10,17,19H,3-4,8,11-15H2,1-2H3. The van der Waals surface area contributed by atoms with Gasteiger partial charge in [0.25, 0.3) is 0 Å². The van der Waals surface area contributed by atoms with E-state index in [1.54, 1.807) is 0 Å². The van der Waals surface area contributed by atoms with Gasteiger partial charge in [-0.1, -0.05) is 37.3 Å². The lowest BCUT2D eigenvalue weighted by Gasteiger charge is -2.34. The second-order valence-electron chi connectivity index (χ2n) is 5.96. The molecule has 1 aliphatic rings. The average molecular weight is 275 g/mol. The van der Waals surface area contributed by atoms with Crippen LogP contribution in [-0.2, 0) is 10.2 Å². The maximum atomic E-state index is 5.53. The predicted molar refractivity (Wildman–Crippen MR) is 85.2 cm³/mol. The van der Waals surface area contributed by atoms with Crippen molar-refractivity contribution in [2.24, 2.45) is 0 Å². The van der Waals surface area contributed by atoms with Crippen molar-refractivity contribution in [2.75, 3.05) is 19.8 Å². The van der Waals surface area contributed by atoms with Gasteiger partial charge in [-0.25, -0.2) is 0 Å². The molecule has 1 atom stereocenters. The number of hydrogen-bond acceptors (Lipinski definition) is 2. The molecule has 0 bridgehead atoms. The molecule has 1 saturated carbocycles. The van der Waals surface area contributed by atoms with Gasteiger partial charge in [0, 0.05) is 31.2 Å². The molecule has 0 spiro atoms. The highest BCUT2D eigenvalue weighted by Crippen LogP contribution is 2.33. The van der Waals surface area contributed by atoms with Gasteiger partial charge in [-0.3, -0.25) is 0 Å². The molecule has 0 aliphatic heterocycles. The van der Waals surface area contributed by atoms with E-state index < -0.39 is 0 Å². The Kier molecular flexibility index (Phi) is 6.06. The fourth-order valence-electron chi connectivity index (χ4n) is 2.92. The first-order valence-corrected chi connectivity index (χ1v) is 8.17. The van der Waals surface area contributed by atoms with E-state index in [1.807, 2.05) is 0 Å². The van der Waals surface area contributed by atoms with Crippen LogP contribution in [0, 0.1) is 0 Å². The van der Waals surface area contributed by atoms with Crippen LogP contribution in [0.25, 0.3) is 0 Å². The molecule has 1 aromatic rings. The smallest absolute Gasteiger partial charge is 0.0466 e. The summed E-state index contributed by atoms with van der Waals surface area (Å²) >= 11 is 0. The van der Waals surface area contributed by atoms with Gasteiger partial charge in [0.2, 0.25) is 0 Å². The van der Waals surface area contributed by atoms with Crippen LogP contribution in [-0.4, -0.2) is 25.8 Å². The van der Waals surface area contributed by atoms with Crippen molar-refractivity contribution >= 4 is 0 Å². The molecule has 0 saturated heterocycles. The van der Waals surface area contributed by atoms with Gasteiger partial charge in [-0.05, 0) is 44.6 Å². The van der Waals surface area contributed by atoms with Crippen molar-refractivity contribution in [2.45, 2.75) is 57.4 Å². The molecule has 1 N–H and O–H groups in total. The zero-order valence-electron chi connectivity index (χ0n) is 13.0. The van der Waals surface area contributed by atoms with Crippen molar-refractivity contribution in [3.05, 3.63) is 35.9 Å². The monoisotopic (exact) mass is 275 g/mol. The van der Waals surface area contributed by atoms with Crippen molar-refractivity contribution in [1.82, 2.24) is 5.32 Å². The van der Waals surface area contributed by atoms with Crippen LogP contribution < -0.4 is 5.32 Å². The summed E-state index contributed by atoms with van der Waals surface area (Å²) in [5, 5.41) is 3.75. The largest absolute Gasteiger partial charge is 0.382 e. The lowest BCUT2D eigenvalue weighted by atomic mass is 9.74. The van der Waals surface area contributed by atoms with Gasteiger partial charge >= 0.3 is 0 Å². The van der Waals surface area contributed by atoms with Crippen LogP contribution in [0.15, 0.2) is 30.3 Å². The fourth-order valence-corrected chi connectivity index (χ4v) is 2.92. The number of nitrogens with one attached hydrogen (secondary N) is 1. The van der Waals surface area contributed by atoms with Crippen LogP contribution in [0.5, 0.6) is 0 Å². The summed E-state index contributed by atoms with van der Waals surface area (Å²) in [7, 11) is 0. The predicted octanol–water partition coefficient (Wildman–Crippen LogP) is 3.90. The average Bonchev–Trinajstić information content (AvgIpc) is 3.32. The Morgan fingerprint density at radius 3 is 2.55 bits per heavy atom. The topological polar surface area (TPSA) is 21.3 Å². The van der Waals surface area contributed by atoms with Crippen LogP contribution in [0.4, 0.5) is 0 Å². The Bertz CT molecular complexity index is 374. The first kappa shape index (κ1) is 15.5. The Labute approximate surface area is 123 Å². The van der Waals surface area contributed by atoms with Gasteiger partial charge in [-0.2, -0.15) is 0 Å². The number of benzene rings is 1. The van der Waals surface area contributed by atoms with Crippen molar-refractivity contribution < 1.29 is 4.74 Å². The van der Waals surface area contributed by atoms with E-state index in [-0.39, 0.29) is 5.41 Å². The van der Waals surface area contributed by atoms with Gasteiger partial charge in [0.15, 0.2) is 0 Å². The van der Waals surface area contributed by atoms with Gasteiger partial charge < -0.3 is 10.1 Å². The first-order valence-electron chi connectivity index (χ1n) is 8.17. The Hall–Kier alpha value is -0.860. The molecule has 2 heteroatoms. The van der Waals surface area contributed by atoms with Crippen LogP contribution in [0.3, 0.4) is 0 Å². The molecule has 1 unspecified atom stereocenters. The van der Waals surface area contributed by atoms with Crippen molar-refractivity contribution in [1.29, 1.82) is 0 Å². The summed E-state index contributed by atoms with van der Waals surface area (Å²) in [4.78, 5) is 0. The second-order valence-corrected chi connectivity index (χ2v) is 5.96. The third-order valence-corrected chi connectivity index (χ3v) is 4.52. The highest BCUT2D eigenvalue weighted by Gasteiger charge is 2.32. The Morgan fingerprint density at radius 1 is 1.20 bits per heavy atom. The molecule has 2 rings (SSSR count). The van der Waals surface area contributed by atoms with Crippen LogP contribution >= 0.6 is 0 Å². The van der Waals surface area contributed by atoms with E-state index in [0.717, 1.165) is 32.2 Å². The summed E-state index contributed by atoms with van der Waals surface area (Å²) in [5.41, 5.74) is 1.74. The highest BCUT2D eigenvalue weighted by molar-refractivity contribution is 5.26. The lowest BCUT2D eigenvalue weighted by Crippen LogP contribution is -2.39. The Morgan fingerprint density at radius 2 is 1.95 bits per heavy atom.